The number of benzene rings is 2. The number of aromatic nitrogens is 2. The number of rotatable bonds is 4. The Hall–Kier alpha value is -3.27. The summed E-state index contributed by atoms with van der Waals surface area (Å²) in [6.45, 7) is 0. The molecule has 4 heteroatoms. The van der Waals surface area contributed by atoms with E-state index in [4.69, 9.17) is 0 Å². The first kappa shape index (κ1) is 14.3. The number of para-hydroxylation sites is 1. The van der Waals surface area contributed by atoms with E-state index in [2.05, 4.69) is 22.5 Å². The van der Waals surface area contributed by atoms with Crippen molar-refractivity contribution < 1.29 is 5.11 Å². The average molecular weight is 315 g/mol. The summed E-state index contributed by atoms with van der Waals surface area (Å²) >= 11 is 0. The molecule has 0 aliphatic heterocycles. The van der Waals surface area contributed by atoms with E-state index >= 15 is 0 Å². The Morgan fingerprint density at radius 2 is 1.75 bits per heavy atom. The van der Waals surface area contributed by atoms with Gasteiger partial charge in [0.25, 0.3) is 0 Å². The zero-order chi connectivity index (χ0) is 16.4. The number of fused-ring (bicyclic) bond motifs is 1. The number of nitrogens with zero attached hydrogens (tertiary/aromatic N) is 2. The third kappa shape index (κ3) is 2.70. The van der Waals surface area contributed by atoms with Gasteiger partial charge in [0, 0.05) is 30.3 Å². The van der Waals surface area contributed by atoms with Crippen LogP contribution in [0.15, 0.2) is 79.1 Å². The molecule has 0 spiro atoms. The Balaban J connectivity index is 1.71. The molecule has 4 nitrogen and oxygen atoms in total. The van der Waals surface area contributed by atoms with Crippen LogP contribution in [-0.2, 0) is 6.42 Å². The molecule has 0 saturated heterocycles. The summed E-state index contributed by atoms with van der Waals surface area (Å²) in [4.78, 5) is 4.24. The Labute approximate surface area is 140 Å². The van der Waals surface area contributed by atoms with Crippen LogP contribution < -0.4 is 5.43 Å². The summed E-state index contributed by atoms with van der Waals surface area (Å²) in [7, 11) is 0. The molecule has 4 rings (SSSR count). The number of hydrogen-bond acceptors (Lipinski definition) is 3. The second-order valence-corrected chi connectivity index (χ2v) is 5.70. The lowest BCUT2D eigenvalue weighted by molar-refractivity contribution is 0.439. The molecule has 0 radical (unpaired) electrons. The second kappa shape index (κ2) is 6.08. The van der Waals surface area contributed by atoms with E-state index in [1.165, 1.54) is 5.56 Å². The molecule has 0 aliphatic rings. The molecule has 0 atom stereocenters. The highest BCUT2D eigenvalue weighted by Gasteiger charge is 2.10. The monoisotopic (exact) mass is 315 g/mol. The molecule has 2 heterocycles. The molecular formula is C20H17N3O. The van der Waals surface area contributed by atoms with Crippen LogP contribution >= 0.6 is 0 Å². The minimum absolute atomic E-state index is 0.179. The van der Waals surface area contributed by atoms with Gasteiger partial charge >= 0.3 is 0 Å². The third-order valence-electron chi connectivity index (χ3n) is 4.06. The van der Waals surface area contributed by atoms with Crippen molar-refractivity contribution in [3.05, 3.63) is 90.3 Å². The first-order chi connectivity index (χ1) is 11.8. The van der Waals surface area contributed by atoms with Crippen LogP contribution in [0.25, 0.3) is 10.9 Å². The fraction of sp³-hybridized carbons (Fsp3) is 0.0500. The van der Waals surface area contributed by atoms with Gasteiger partial charge in [0.1, 0.15) is 0 Å². The van der Waals surface area contributed by atoms with Gasteiger partial charge in [-0.15, -0.1) is 0 Å². The fourth-order valence-electron chi connectivity index (χ4n) is 2.87. The van der Waals surface area contributed by atoms with Crippen molar-refractivity contribution in [2.24, 2.45) is 0 Å². The zero-order valence-electron chi connectivity index (χ0n) is 13.1. The van der Waals surface area contributed by atoms with E-state index in [-0.39, 0.29) is 5.88 Å². The maximum atomic E-state index is 10.3. The molecule has 0 bridgehead atoms. The second-order valence-electron chi connectivity index (χ2n) is 5.70. The lowest BCUT2D eigenvalue weighted by Crippen LogP contribution is -2.10. The molecule has 2 aromatic heterocycles. The topological polar surface area (TPSA) is 50.1 Å². The van der Waals surface area contributed by atoms with E-state index in [0.717, 1.165) is 28.6 Å². The number of anilines is 1. The number of hydrogen-bond donors (Lipinski definition) is 2. The van der Waals surface area contributed by atoms with Crippen LogP contribution in [0.4, 0.5) is 5.69 Å². The molecule has 0 unspecified atom stereocenters. The van der Waals surface area contributed by atoms with Gasteiger partial charge in [-0.1, -0.05) is 48.5 Å². The lowest BCUT2D eigenvalue weighted by atomic mass is 10.1. The van der Waals surface area contributed by atoms with Gasteiger partial charge in [0.15, 0.2) is 0 Å². The van der Waals surface area contributed by atoms with Crippen LogP contribution in [-0.4, -0.2) is 14.8 Å². The molecule has 0 aliphatic carbocycles. The van der Waals surface area contributed by atoms with Crippen molar-refractivity contribution in [2.45, 2.75) is 6.42 Å². The highest BCUT2D eigenvalue weighted by atomic mass is 16.3. The average Bonchev–Trinajstić information content (AvgIpc) is 2.93. The van der Waals surface area contributed by atoms with Crippen LogP contribution in [0.5, 0.6) is 5.88 Å². The van der Waals surface area contributed by atoms with Crippen molar-refractivity contribution in [1.29, 1.82) is 0 Å². The number of aromatic hydroxyl groups is 1. The molecule has 2 N–H and O–H groups in total. The van der Waals surface area contributed by atoms with Gasteiger partial charge in [-0.05, 0) is 23.3 Å². The molecule has 4 aromatic rings. The lowest BCUT2D eigenvalue weighted by Gasteiger charge is -2.14. The maximum Gasteiger partial charge on any atom is 0.211 e. The summed E-state index contributed by atoms with van der Waals surface area (Å²) in [5.74, 6) is 0.179. The Morgan fingerprint density at radius 3 is 2.62 bits per heavy atom. The Bertz CT molecular complexity index is 977. The number of nitrogens with one attached hydrogen (secondary N) is 1. The van der Waals surface area contributed by atoms with Crippen molar-refractivity contribution >= 4 is 16.6 Å². The van der Waals surface area contributed by atoms with Crippen LogP contribution in [0.2, 0.25) is 0 Å². The molecule has 2 aromatic carbocycles. The van der Waals surface area contributed by atoms with E-state index in [1.54, 1.807) is 16.9 Å². The SMILES string of the molecule is Oc1cc2ccccc2n1Nc1ccncc1Cc1ccccc1. The number of pyridine rings is 1. The standard InChI is InChI=1S/C20H17N3O/c24-20-13-16-8-4-5-9-19(16)23(20)22-18-10-11-21-14-17(18)12-15-6-2-1-3-7-15/h1-11,13-14,24H,12H2,(H,21,22). The molecular weight excluding hydrogens is 298 g/mol. The quantitative estimate of drug-likeness (QED) is 0.593. The van der Waals surface area contributed by atoms with Crippen molar-refractivity contribution in [3.63, 3.8) is 0 Å². The van der Waals surface area contributed by atoms with Gasteiger partial charge in [-0.2, -0.15) is 0 Å². The molecule has 118 valence electrons. The smallest absolute Gasteiger partial charge is 0.211 e. The first-order valence-corrected chi connectivity index (χ1v) is 7.84. The largest absolute Gasteiger partial charge is 0.493 e. The predicted molar refractivity (Wildman–Crippen MR) is 96.1 cm³/mol. The normalized spacial score (nSPS) is 10.8. The summed E-state index contributed by atoms with van der Waals surface area (Å²) in [6.07, 6.45) is 4.38. The van der Waals surface area contributed by atoms with Gasteiger partial charge < -0.3 is 5.11 Å². The fourth-order valence-corrected chi connectivity index (χ4v) is 2.87. The minimum Gasteiger partial charge on any atom is -0.493 e. The van der Waals surface area contributed by atoms with Crippen molar-refractivity contribution in [2.75, 3.05) is 5.43 Å². The van der Waals surface area contributed by atoms with Crippen molar-refractivity contribution in [1.82, 2.24) is 9.66 Å². The summed E-state index contributed by atoms with van der Waals surface area (Å²) in [5.41, 5.74) is 7.45. The summed E-state index contributed by atoms with van der Waals surface area (Å²) < 4.78 is 1.69. The molecule has 24 heavy (non-hydrogen) atoms. The van der Waals surface area contributed by atoms with Gasteiger partial charge in [0.2, 0.25) is 5.88 Å². The highest BCUT2D eigenvalue weighted by Crippen LogP contribution is 2.26. The van der Waals surface area contributed by atoms with Gasteiger partial charge in [-0.25, -0.2) is 4.68 Å². The molecule has 0 amide bonds. The summed E-state index contributed by atoms with van der Waals surface area (Å²) in [6, 6.07) is 21.8. The highest BCUT2D eigenvalue weighted by molar-refractivity contribution is 5.83. The van der Waals surface area contributed by atoms with E-state index in [9.17, 15) is 5.11 Å². The minimum atomic E-state index is 0.179. The third-order valence-corrected chi connectivity index (χ3v) is 4.06. The van der Waals surface area contributed by atoms with E-state index in [0.29, 0.717) is 0 Å². The molecule has 0 saturated carbocycles. The molecule has 0 fully saturated rings. The Morgan fingerprint density at radius 1 is 0.958 bits per heavy atom. The first-order valence-electron chi connectivity index (χ1n) is 7.84. The van der Waals surface area contributed by atoms with E-state index < -0.39 is 0 Å². The van der Waals surface area contributed by atoms with Gasteiger partial charge in [0.05, 0.1) is 11.2 Å². The Kier molecular flexibility index (Phi) is 3.63. The van der Waals surface area contributed by atoms with E-state index in [1.807, 2.05) is 54.7 Å². The zero-order valence-corrected chi connectivity index (χ0v) is 13.1. The van der Waals surface area contributed by atoms with Gasteiger partial charge in [-0.3, -0.25) is 10.4 Å². The maximum absolute atomic E-state index is 10.3. The van der Waals surface area contributed by atoms with Crippen LogP contribution in [0.3, 0.4) is 0 Å². The van der Waals surface area contributed by atoms with Crippen molar-refractivity contribution in [3.8, 4) is 5.88 Å². The van der Waals surface area contributed by atoms with Crippen LogP contribution in [0, 0.1) is 0 Å². The predicted octanol–water partition coefficient (Wildman–Crippen LogP) is 4.21. The summed E-state index contributed by atoms with van der Waals surface area (Å²) in [5, 5.41) is 11.2. The van der Waals surface area contributed by atoms with Crippen LogP contribution in [0.1, 0.15) is 11.1 Å².